The number of methoxy groups -OCH3 is 1. The second kappa shape index (κ2) is 8.62. The van der Waals surface area contributed by atoms with E-state index in [1.165, 1.54) is 13.2 Å². The Labute approximate surface area is 175 Å². The third-order valence-corrected chi connectivity index (χ3v) is 6.58. The van der Waals surface area contributed by atoms with E-state index in [9.17, 15) is 18.0 Å². The number of anilines is 3. The summed E-state index contributed by atoms with van der Waals surface area (Å²) in [6, 6.07) is 1.15. The summed E-state index contributed by atoms with van der Waals surface area (Å²) < 4.78 is 35.5. The minimum atomic E-state index is -3.61. The summed E-state index contributed by atoms with van der Waals surface area (Å²) in [6.07, 6.45) is 3.01. The predicted octanol–water partition coefficient (Wildman–Crippen LogP) is 1.26. The molecule has 1 aliphatic rings. The van der Waals surface area contributed by atoms with Crippen LogP contribution in [0.15, 0.2) is 27.1 Å². The molecule has 0 aromatic carbocycles. The standard InChI is InChI=1S/C16H18N6O6S2/c1-9(4-5-17)18-15-20-21-16(29-15)19-13(23)11-8-10(12(27-2)14(24)28-11)22-6-3-7-30(22,25)26/h4-5,8,17H,3,6-7H2,1-2H3,(H,18,20)(H,19,21,23)/b9-4-,17-5?. The van der Waals surface area contributed by atoms with Gasteiger partial charge in [-0.25, -0.2) is 13.2 Å². The molecule has 0 radical (unpaired) electrons. The molecule has 0 spiro atoms. The summed E-state index contributed by atoms with van der Waals surface area (Å²) in [6.45, 7) is 1.89. The maximum Gasteiger partial charge on any atom is 0.381 e. The van der Waals surface area contributed by atoms with Gasteiger partial charge >= 0.3 is 5.63 Å². The Bertz CT molecular complexity index is 1170. The number of ether oxygens (including phenoxy) is 1. The van der Waals surface area contributed by atoms with Gasteiger partial charge in [-0.3, -0.25) is 14.4 Å². The maximum absolute atomic E-state index is 12.6. The van der Waals surface area contributed by atoms with Crippen LogP contribution in [0.25, 0.3) is 0 Å². The van der Waals surface area contributed by atoms with Crippen LogP contribution in [-0.4, -0.2) is 50.1 Å². The number of aromatic nitrogens is 2. The van der Waals surface area contributed by atoms with Crippen LogP contribution in [0.2, 0.25) is 0 Å². The van der Waals surface area contributed by atoms with Gasteiger partial charge in [-0.15, -0.1) is 10.2 Å². The van der Waals surface area contributed by atoms with Crippen LogP contribution in [0.3, 0.4) is 0 Å². The highest BCUT2D eigenvalue weighted by Crippen LogP contribution is 2.32. The Morgan fingerprint density at radius 3 is 2.67 bits per heavy atom. The highest BCUT2D eigenvalue weighted by atomic mass is 32.2. The van der Waals surface area contributed by atoms with Gasteiger partial charge in [0, 0.05) is 24.5 Å². The van der Waals surface area contributed by atoms with Crippen molar-refractivity contribution in [3.63, 3.8) is 0 Å². The minimum Gasteiger partial charge on any atom is -0.488 e. The van der Waals surface area contributed by atoms with Gasteiger partial charge in [-0.05, 0) is 19.4 Å². The van der Waals surface area contributed by atoms with Crippen molar-refractivity contribution in [2.24, 2.45) is 0 Å². The fourth-order valence-corrected chi connectivity index (χ4v) is 4.94. The van der Waals surface area contributed by atoms with Crippen molar-refractivity contribution in [2.75, 3.05) is 34.3 Å². The van der Waals surface area contributed by atoms with Gasteiger partial charge in [0.15, 0.2) is 5.76 Å². The van der Waals surface area contributed by atoms with E-state index in [4.69, 9.17) is 14.6 Å². The van der Waals surface area contributed by atoms with Crippen LogP contribution in [0.5, 0.6) is 5.75 Å². The number of nitrogens with one attached hydrogen (secondary N) is 3. The molecule has 0 atom stereocenters. The molecule has 0 saturated carbocycles. The third kappa shape index (κ3) is 4.49. The molecule has 2 aromatic rings. The summed E-state index contributed by atoms with van der Waals surface area (Å²) in [4.78, 5) is 24.8. The molecule has 1 fully saturated rings. The van der Waals surface area contributed by atoms with E-state index in [-0.39, 0.29) is 28.9 Å². The van der Waals surface area contributed by atoms with Crippen molar-refractivity contribution in [3.8, 4) is 5.75 Å². The van der Waals surface area contributed by atoms with Gasteiger partial charge in [0.2, 0.25) is 26.0 Å². The molecule has 1 amide bonds. The molecule has 3 N–H and O–H groups in total. The van der Waals surface area contributed by atoms with Crippen LogP contribution < -0.4 is 25.3 Å². The number of hydrogen-bond acceptors (Lipinski definition) is 11. The zero-order chi connectivity index (χ0) is 21.9. The molecule has 1 saturated heterocycles. The zero-order valence-corrected chi connectivity index (χ0v) is 17.6. The first-order valence-corrected chi connectivity index (χ1v) is 11.0. The van der Waals surface area contributed by atoms with E-state index in [1.807, 2.05) is 0 Å². The molecule has 12 nitrogen and oxygen atoms in total. The molecule has 0 unspecified atom stereocenters. The maximum atomic E-state index is 12.6. The first-order valence-electron chi connectivity index (χ1n) is 8.57. The fourth-order valence-electron chi connectivity index (χ4n) is 2.68. The summed E-state index contributed by atoms with van der Waals surface area (Å²) in [5.41, 5.74) is -0.380. The average Bonchev–Trinajstić information content (AvgIpc) is 3.26. The highest BCUT2D eigenvalue weighted by Gasteiger charge is 2.33. The Balaban J connectivity index is 1.87. The molecule has 30 heavy (non-hydrogen) atoms. The van der Waals surface area contributed by atoms with Gasteiger partial charge in [0.05, 0.1) is 12.9 Å². The van der Waals surface area contributed by atoms with Crippen LogP contribution in [-0.2, 0) is 10.0 Å². The van der Waals surface area contributed by atoms with Crippen molar-refractivity contribution >= 4 is 49.4 Å². The van der Waals surface area contributed by atoms with Gasteiger partial charge in [0.25, 0.3) is 5.91 Å². The number of nitrogens with zero attached hydrogens (tertiary/aromatic N) is 3. The molecular formula is C16H18N6O6S2. The topological polar surface area (TPSA) is 168 Å². The normalized spacial score (nSPS) is 15.7. The fraction of sp³-hybridized carbons (Fsp3) is 0.312. The Morgan fingerprint density at radius 2 is 2.07 bits per heavy atom. The van der Waals surface area contributed by atoms with Gasteiger partial charge in [-0.2, -0.15) is 0 Å². The lowest BCUT2D eigenvalue weighted by Gasteiger charge is -2.19. The van der Waals surface area contributed by atoms with Gasteiger partial charge in [-0.1, -0.05) is 11.3 Å². The summed E-state index contributed by atoms with van der Waals surface area (Å²) in [7, 11) is -2.40. The molecule has 3 heterocycles. The van der Waals surface area contributed by atoms with E-state index in [2.05, 4.69) is 20.8 Å². The number of allylic oxidation sites excluding steroid dienone is 2. The number of amides is 1. The second-order valence-electron chi connectivity index (χ2n) is 6.07. The smallest absolute Gasteiger partial charge is 0.381 e. The summed E-state index contributed by atoms with van der Waals surface area (Å²) in [5, 5.41) is 20.5. The minimum absolute atomic E-state index is 0.0524. The summed E-state index contributed by atoms with van der Waals surface area (Å²) in [5.74, 6) is -1.57. The number of carbonyl (C=O) groups is 1. The van der Waals surface area contributed by atoms with E-state index in [1.54, 1.807) is 6.92 Å². The predicted molar refractivity (Wildman–Crippen MR) is 111 cm³/mol. The van der Waals surface area contributed by atoms with Crippen molar-refractivity contribution in [1.82, 2.24) is 10.2 Å². The van der Waals surface area contributed by atoms with Crippen molar-refractivity contribution in [3.05, 3.63) is 34.0 Å². The zero-order valence-electron chi connectivity index (χ0n) is 16.0. The second-order valence-corrected chi connectivity index (χ2v) is 9.06. The monoisotopic (exact) mass is 454 g/mol. The first kappa shape index (κ1) is 21.4. The van der Waals surface area contributed by atoms with Crippen LogP contribution in [0.4, 0.5) is 16.0 Å². The Hall–Kier alpha value is -3.26. The molecule has 2 aromatic heterocycles. The molecular weight excluding hydrogens is 436 g/mol. The number of hydrogen-bond donors (Lipinski definition) is 3. The average molecular weight is 454 g/mol. The molecule has 1 aliphatic heterocycles. The first-order chi connectivity index (χ1) is 14.2. The van der Waals surface area contributed by atoms with Gasteiger partial charge in [0.1, 0.15) is 5.69 Å². The highest BCUT2D eigenvalue weighted by molar-refractivity contribution is 7.93. The van der Waals surface area contributed by atoms with Crippen molar-refractivity contribution in [1.29, 1.82) is 5.41 Å². The van der Waals surface area contributed by atoms with Crippen molar-refractivity contribution in [2.45, 2.75) is 13.3 Å². The largest absolute Gasteiger partial charge is 0.488 e. The van der Waals surface area contributed by atoms with E-state index < -0.39 is 27.3 Å². The Morgan fingerprint density at radius 1 is 1.37 bits per heavy atom. The third-order valence-electron chi connectivity index (χ3n) is 3.97. The number of sulfonamides is 1. The quantitative estimate of drug-likeness (QED) is 0.522. The SMILES string of the molecule is COc1c(N2CCCS2(=O)=O)cc(C(=O)Nc2nnc(N/C(C)=C\C=N)s2)oc1=O. The number of rotatable bonds is 7. The Kier molecular flexibility index (Phi) is 6.17. The molecule has 0 bridgehead atoms. The molecule has 0 aliphatic carbocycles. The van der Waals surface area contributed by atoms with Gasteiger partial charge < -0.3 is 19.9 Å². The lowest BCUT2D eigenvalue weighted by molar-refractivity contribution is 0.0991. The van der Waals surface area contributed by atoms with Crippen molar-refractivity contribution < 1.29 is 22.4 Å². The molecule has 3 rings (SSSR count). The lowest BCUT2D eigenvalue weighted by Crippen LogP contribution is -2.28. The van der Waals surface area contributed by atoms with E-state index in [0.29, 0.717) is 17.2 Å². The molecule has 14 heteroatoms. The molecule has 160 valence electrons. The van der Waals surface area contributed by atoms with E-state index >= 15 is 0 Å². The van der Waals surface area contributed by atoms with Crippen LogP contribution in [0, 0.1) is 5.41 Å². The van der Waals surface area contributed by atoms with Crippen LogP contribution >= 0.6 is 11.3 Å². The lowest BCUT2D eigenvalue weighted by atomic mass is 10.3. The summed E-state index contributed by atoms with van der Waals surface area (Å²) >= 11 is 1.02. The number of carbonyl (C=O) groups excluding carboxylic acids is 1. The van der Waals surface area contributed by atoms with Crippen LogP contribution in [0.1, 0.15) is 23.9 Å². The van der Waals surface area contributed by atoms with E-state index in [0.717, 1.165) is 27.9 Å².